The number of aryl methyl sites for hydroxylation is 1. The Bertz CT molecular complexity index is 1430. The largest absolute Gasteiger partial charge is 0.352 e. The minimum absolute atomic E-state index is 0.00322. The molecule has 7 nitrogen and oxygen atoms in total. The van der Waals surface area contributed by atoms with Gasteiger partial charge in [0.25, 0.3) is 10.0 Å². The van der Waals surface area contributed by atoms with Crippen molar-refractivity contribution in [3.8, 4) is 0 Å². The fourth-order valence-corrected chi connectivity index (χ4v) is 6.10. The molecule has 0 radical (unpaired) electrons. The summed E-state index contributed by atoms with van der Waals surface area (Å²) in [6, 6.07) is 16.4. The van der Waals surface area contributed by atoms with Crippen molar-refractivity contribution in [2.45, 2.75) is 51.2 Å². The van der Waals surface area contributed by atoms with Crippen LogP contribution < -0.4 is 9.62 Å². The summed E-state index contributed by atoms with van der Waals surface area (Å²) in [6.07, 6.45) is 0. The standard InChI is InChI=1S/C28H30Cl3N3O4S/c1-18(2)32-28(36)20(4)33(16-23-24(30)11-8-12-25(23)31)27(35)17-34(26-15-21(29)14-13-19(26)3)39(37,38)22-9-6-5-7-10-22/h5-15,18,20H,16-17H2,1-4H3,(H,32,36)/t20-/m1/s1. The molecular weight excluding hydrogens is 581 g/mol. The van der Waals surface area contributed by atoms with Crippen LogP contribution in [0.1, 0.15) is 31.9 Å². The van der Waals surface area contributed by atoms with E-state index in [-0.39, 0.29) is 23.2 Å². The third kappa shape index (κ3) is 7.45. The van der Waals surface area contributed by atoms with E-state index in [1.807, 2.05) is 0 Å². The number of halogens is 3. The van der Waals surface area contributed by atoms with Gasteiger partial charge in [-0.3, -0.25) is 13.9 Å². The predicted molar refractivity (Wildman–Crippen MR) is 157 cm³/mol. The molecule has 1 atom stereocenters. The van der Waals surface area contributed by atoms with Crippen LogP contribution in [-0.2, 0) is 26.2 Å². The molecule has 0 bridgehead atoms. The molecular formula is C28H30Cl3N3O4S. The SMILES string of the molecule is Cc1ccc(Cl)cc1N(CC(=O)N(Cc1c(Cl)cccc1Cl)[C@H](C)C(=O)NC(C)C)S(=O)(=O)c1ccccc1. The number of nitrogens with one attached hydrogen (secondary N) is 1. The number of carbonyl (C=O) groups is 2. The first kappa shape index (κ1) is 30.8. The van der Waals surface area contributed by atoms with Gasteiger partial charge in [0.15, 0.2) is 0 Å². The Labute approximate surface area is 244 Å². The van der Waals surface area contributed by atoms with Gasteiger partial charge in [-0.2, -0.15) is 0 Å². The van der Waals surface area contributed by atoms with E-state index in [0.29, 0.717) is 26.2 Å². The molecule has 208 valence electrons. The van der Waals surface area contributed by atoms with Gasteiger partial charge in [-0.25, -0.2) is 8.42 Å². The first-order chi connectivity index (χ1) is 18.3. The van der Waals surface area contributed by atoms with E-state index in [9.17, 15) is 18.0 Å². The number of carbonyl (C=O) groups excluding carboxylic acids is 2. The van der Waals surface area contributed by atoms with Crippen molar-refractivity contribution in [3.63, 3.8) is 0 Å². The Kier molecular flexibility index (Phi) is 10.3. The second-order valence-electron chi connectivity index (χ2n) is 9.32. The van der Waals surface area contributed by atoms with Crippen LogP contribution in [0.15, 0.2) is 71.6 Å². The molecule has 0 heterocycles. The third-order valence-electron chi connectivity index (χ3n) is 6.04. The first-order valence-electron chi connectivity index (χ1n) is 12.2. The number of hydrogen-bond acceptors (Lipinski definition) is 4. The fraction of sp³-hybridized carbons (Fsp3) is 0.286. The van der Waals surface area contributed by atoms with E-state index in [0.717, 1.165) is 4.31 Å². The predicted octanol–water partition coefficient (Wildman–Crippen LogP) is 6.09. The van der Waals surface area contributed by atoms with Gasteiger partial charge >= 0.3 is 0 Å². The number of sulfonamides is 1. The van der Waals surface area contributed by atoms with Crippen LogP contribution in [0.2, 0.25) is 15.1 Å². The number of benzene rings is 3. The molecule has 3 rings (SSSR count). The first-order valence-corrected chi connectivity index (χ1v) is 14.8. The van der Waals surface area contributed by atoms with Gasteiger partial charge in [-0.05, 0) is 69.7 Å². The molecule has 0 unspecified atom stereocenters. The van der Waals surface area contributed by atoms with Crippen molar-refractivity contribution in [1.29, 1.82) is 0 Å². The van der Waals surface area contributed by atoms with Crippen molar-refractivity contribution < 1.29 is 18.0 Å². The zero-order chi connectivity index (χ0) is 28.9. The van der Waals surface area contributed by atoms with E-state index in [2.05, 4.69) is 5.32 Å². The van der Waals surface area contributed by atoms with Crippen LogP contribution in [0.25, 0.3) is 0 Å². The molecule has 0 aliphatic rings. The van der Waals surface area contributed by atoms with Crippen molar-refractivity contribution in [2.75, 3.05) is 10.8 Å². The Morgan fingerprint density at radius 1 is 0.897 bits per heavy atom. The molecule has 0 saturated carbocycles. The minimum Gasteiger partial charge on any atom is -0.352 e. The lowest BCUT2D eigenvalue weighted by atomic mass is 10.1. The van der Waals surface area contributed by atoms with E-state index in [1.54, 1.807) is 76.2 Å². The van der Waals surface area contributed by atoms with Crippen molar-refractivity contribution in [2.24, 2.45) is 0 Å². The number of nitrogens with zero attached hydrogens (tertiary/aromatic N) is 2. The average Bonchev–Trinajstić information content (AvgIpc) is 2.88. The zero-order valence-corrected chi connectivity index (χ0v) is 25.1. The topological polar surface area (TPSA) is 86.8 Å². The van der Waals surface area contributed by atoms with Gasteiger partial charge in [0.1, 0.15) is 12.6 Å². The van der Waals surface area contributed by atoms with Gasteiger partial charge < -0.3 is 10.2 Å². The minimum atomic E-state index is -4.20. The van der Waals surface area contributed by atoms with Crippen LogP contribution in [0.3, 0.4) is 0 Å². The zero-order valence-electron chi connectivity index (χ0n) is 22.0. The molecule has 0 aliphatic carbocycles. The fourth-order valence-electron chi connectivity index (χ4n) is 3.93. The highest BCUT2D eigenvalue weighted by atomic mass is 35.5. The van der Waals surface area contributed by atoms with Crippen LogP contribution in [0, 0.1) is 6.92 Å². The van der Waals surface area contributed by atoms with Gasteiger partial charge in [0.2, 0.25) is 11.8 Å². The second-order valence-corrected chi connectivity index (χ2v) is 12.4. The summed E-state index contributed by atoms with van der Waals surface area (Å²) < 4.78 is 28.7. The maximum absolute atomic E-state index is 14.0. The van der Waals surface area contributed by atoms with Crippen LogP contribution >= 0.6 is 34.8 Å². The van der Waals surface area contributed by atoms with Crippen LogP contribution in [0.5, 0.6) is 0 Å². The molecule has 3 aromatic carbocycles. The molecule has 0 fully saturated rings. The normalized spacial score (nSPS) is 12.2. The lowest BCUT2D eigenvalue weighted by Gasteiger charge is -2.33. The average molecular weight is 611 g/mol. The highest BCUT2D eigenvalue weighted by Gasteiger charge is 2.33. The number of anilines is 1. The second kappa shape index (κ2) is 13.0. The van der Waals surface area contributed by atoms with Gasteiger partial charge in [-0.15, -0.1) is 0 Å². The van der Waals surface area contributed by atoms with Gasteiger partial charge in [0.05, 0.1) is 10.6 Å². The van der Waals surface area contributed by atoms with E-state index < -0.39 is 34.4 Å². The lowest BCUT2D eigenvalue weighted by Crippen LogP contribution is -2.52. The Hall–Kier alpha value is -2.78. The van der Waals surface area contributed by atoms with Crippen LogP contribution in [-0.4, -0.2) is 43.8 Å². The summed E-state index contributed by atoms with van der Waals surface area (Å²) in [5, 5.41) is 3.74. The number of amides is 2. The molecule has 1 N–H and O–H groups in total. The quantitative estimate of drug-likeness (QED) is 0.301. The maximum Gasteiger partial charge on any atom is 0.264 e. The molecule has 2 amide bonds. The monoisotopic (exact) mass is 609 g/mol. The molecule has 11 heteroatoms. The van der Waals surface area contributed by atoms with E-state index in [4.69, 9.17) is 34.8 Å². The number of hydrogen-bond donors (Lipinski definition) is 1. The molecule has 0 saturated heterocycles. The third-order valence-corrected chi connectivity index (χ3v) is 8.76. The lowest BCUT2D eigenvalue weighted by molar-refractivity contribution is -0.139. The van der Waals surface area contributed by atoms with Gasteiger partial charge in [0, 0.05) is 33.2 Å². The smallest absolute Gasteiger partial charge is 0.264 e. The van der Waals surface area contributed by atoms with Crippen LogP contribution in [0.4, 0.5) is 5.69 Å². The summed E-state index contributed by atoms with van der Waals surface area (Å²) in [5.74, 6) is -1.03. The molecule has 3 aromatic rings. The molecule has 0 spiro atoms. The Morgan fingerprint density at radius 3 is 2.10 bits per heavy atom. The molecule has 0 aliphatic heterocycles. The van der Waals surface area contributed by atoms with E-state index >= 15 is 0 Å². The van der Waals surface area contributed by atoms with Crippen molar-refractivity contribution in [3.05, 3.63) is 92.9 Å². The van der Waals surface area contributed by atoms with E-state index in [1.165, 1.54) is 23.1 Å². The van der Waals surface area contributed by atoms with Crippen molar-refractivity contribution >= 4 is 62.3 Å². The maximum atomic E-state index is 14.0. The summed E-state index contributed by atoms with van der Waals surface area (Å²) in [5.41, 5.74) is 1.28. The highest BCUT2D eigenvalue weighted by Crippen LogP contribution is 2.31. The summed E-state index contributed by atoms with van der Waals surface area (Å²) in [6.45, 7) is 6.19. The Balaban J connectivity index is 2.10. The van der Waals surface area contributed by atoms with Crippen molar-refractivity contribution in [1.82, 2.24) is 10.2 Å². The molecule has 39 heavy (non-hydrogen) atoms. The summed E-state index contributed by atoms with van der Waals surface area (Å²) in [7, 11) is -4.20. The summed E-state index contributed by atoms with van der Waals surface area (Å²) >= 11 is 19.0. The van der Waals surface area contributed by atoms with Gasteiger partial charge in [-0.1, -0.05) is 65.1 Å². The highest BCUT2D eigenvalue weighted by molar-refractivity contribution is 7.92. The molecule has 0 aromatic heterocycles. The summed E-state index contributed by atoms with van der Waals surface area (Å²) in [4.78, 5) is 28.3. The number of rotatable bonds is 10. The Morgan fingerprint density at radius 2 is 1.51 bits per heavy atom.